The first-order valence-electron chi connectivity index (χ1n) is 8.09. The van der Waals surface area contributed by atoms with Gasteiger partial charge in [0, 0.05) is 12.1 Å². The zero-order valence-corrected chi connectivity index (χ0v) is 13.1. The molecular formula is C18H29NO. The maximum Gasteiger partial charge on any atom is 0.224 e. The van der Waals surface area contributed by atoms with Crippen LogP contribution >= 0.6 is 0 Å². The highest BCUT2D eigenvalue weighted by atomic mass is 16.1. The van der Waals surface area contributed by atoms with Crippen LogP contribution in [0.3, 0.4) is 0 Å². The van der Waals surface area contributed by atoms with Gasteiger partial charge in [0.1, 0.15) is 0 Å². The summed E-state index contributed by atoms with van der Waals surface area (Å²) in [5, 5.41) is 2.99. The Labute approximate surface area is 124 Å². The van der Waals surface area contributed by atoms with E-state index in [0.29, 0.717) is 6.42 Å². The van der Waals surface area contributed by atoms with E-state index in [2.05, 4.69) is 12.2 Å². The number of carbonyl (C=O) groups is 1. The number of hydrogen-bond acceptors (Lipinski definition) is 1. The third kappa shape index (κ3) is 7.32. The number of rotatable bonds is 10. The van der Waals surface area contributed by atoms with Crippen molar-refractivity contribution in [2.24, 2.45) is 0 Å². The van der Waals surface area contributed by atoms with Crippen molar-refractivity contribution in [3.05, 3.63) is 29.8 Å². The Kier molecular flexibility index (Phi) is 8.77. The van der Waals surface area contributed by atoms with E-state index in [1.807, 2.05) is 31.2 Å². The van der Waals surface area contributed by atoms with Gasteiger partial charge in [-0.05, 0) is 25.0 Å². The van der Waals surface area contributed by atoms with Gasteiger partial charge in [-0.25, -0.2) is 0 Å². The van der Waals surface area contributed by atoms with Gasteiger partial charge in [0.2, 0.25) is 5.91 Å². The number of para-hydroxylation sites is 1. The molecule has 0 radical (unpaired) electrons. The minimum absolute atomic E-state index is 0.144. The van der Waals surface area contributed by atoms with Crippen LogP contribution in [-0.4, -0.2) is 5.91 Å². The number of benzene rings is 1. The molecule has 0 saturated carbocycles. The normalized spacial score (nSPS) is 10.5. The summed E-state index contributed by atoms with van der Waals surface area (Å²) in [5.74, 6) is 0.144. The predicted octanol–water partition coefficient (Wildman–Crippen LogP) is 5.46. The van der Waals surface area contributed by atoms with E-state index < -0.39 is 0 Å². The predicted molar refractivity (Wildman–Crippen MR) is 87.0 cm³/mol. The van der Waals surface area contributed by atoms with Gasteiger partial charge in [-0.2, -0.15) is 0 Å². The van der Waals surface area contributed by atoms with Gasteiger partial charge in [0.25, 0.3) is 0 Å². The van der Waals surface area contributed by atoms with Crippen LogP contribution in [0.4, 0.5) is 5.69 Å². The van der Waals surface area contributed by atoms with Crippen LogP contribution in [0.5, 0.6) is 0 Å². The summed E-state index contributed by atoms with van der Waals surface area (Å²) in [5.41, 5.74) is 2.06. The van der Waals surface area contributed by atoms with Gasteiger partial charge in [-0.15, -0.1) is 0 Å². The number of nitrogens with one attached hydrogen (secondary N) is 1. The second kappa shape index (κ2) is 10.5. The van der Waals surface area contributed by atoms with Gasteiger partial charge in [-0.1, -0.05) is 70.1 Å². The number of hydrogen-bond donors (Lipinski definition) is 1. The van der Waals surface area contributed by atoms with Crippen molar-refractivity contribution in [1.29, 1.82) is 0 Å². The lowest BCUT2D eigenvalue weighted by atomic mass is 10.1. The minimum atomic E-state index is 0.144. The summed E-state index contributed by atoms with van der Waals surface area (Å²) < 4.78 is 0. The third-order valence-corrected chi connectivity index (χ3v) is 3.68. The Morgan fingerprint density at radius 1 is 0.950 bits per heavy atom. The number of carbonyl (C=O) groups excluding carboxylic acids is 1. The first-order chi connectivity index (χ1) is 9.74. The van der Waals surface area contributed by atoms with Gasteiger partial charge in [0.05, 0.1) is 0 Å². The summed E-state index contributed by atoms with van der Waals surface area (Å²) in [7, 11) is 0. The van der Waals surface area contributed by atoms with Crippen molar-refractivity contribution < 1.29 is 4.79 Å². The van der Waals surface area contributed by atoms with Gasteiger partial charge in [0.15, 0.2) is 0 Å². The fourth-order valence-corrected chi connectivity index (χ4v) is 2.35. The molecule has 0 saturated heterocycles. The lowest BCUT2D eigenvalue weighted by molar-refractivity contribution is -0.116. The van der Waals surface area contributed by atoms with Crippen molar-refractivity contribution in [2.75, 3.05) is 5.32 Å². The van der Waals surface area contributed by atoms with Gasteiger partial charge < -0.3 is 5.32 Å². The van der Waals surface area contributed by atoms with Crippen LogP contribution in [0, 0.1) is 6.92 Å². The first-order valence-corrected chi connectivity index (χ1v) is 8.09. The average Bonchev–Trinajstić information content (AvgIpc) is 2.44. The third-order valence-electron chi connectivity index (χ3n) is 3.68. The molecule has 0 spiro atoms. The van der Waals surface area contributed by atoms with E-state index in [4.69, 9.17) is 0 Å². The smallest absolute Gasteiger partial charge is 0.224 e. The van der Waals surface area contributed by atoms with Gasteiger partial charge in [-0.3, -0.25) is 4.79 Å². The Hall–Kier alpha value is -1.31. The monoisotopic (exact) mass is 275 g/mol. The van der Waals surface area contributed by atoms with E-state index in [0.717, 1.165) is 17.7 Å². The van der Waals surface area contributed by atoms with Crippen LogP contribution in [0.25, 0.3) is 0 Å². The molecule has 112 valence electrons. The Morgan fingerprint density at radius 2 is 1.55 bits per heavy atom. The lowest BCUT2D eigenvalue weighted by Gasteiger charge is -2.07. The summed E-state index contributed by atoms with van der Waals surface area (Å²) in [4.78, 5) is 11.8. The SMILES string of the molecule is CCCCCCCCCCC(=O)Nc1ccccc1C. The molecular weight excluding hydrogens is 246 g/mol. The molecule has 0 unspecified atom stereocenters. The van der Waals surface area contributed by atoms with Crippen LogP contribution in [0.1, 0.15) is 70.3 Å². The highest BCUT2D eigenvalue weighted by Crippen LogP contribution is 2.14. The molecule has 0 aromatic heterocycles. The van der Waals surface area contributed by atoms with E-state index >= 15 is 0 Å². The Balaban J connectivity index is 2.05. The van der Waals surface area contributed by atoms with Gasteiger partial charge >= 0.3 is 0 Å². The molecule has 20 heavy (non-hydrogen) atoms. The molecule has 0 aliphatic rings. The fraction of sp³-hybridized carbons (Fsp3) is 0.611. The van der Waals surface area contributed by atoms with Crippen LogP contribution in [0.15, 0.2) is 24.3 Å². The fourth-order valence-electron chi connectivity index (χ4n) is 2.35. The minimum Gasteiger partial charge on any atom is -0.326 e. The van der Waals surface area contributed by atoms with Crippen molar-refractivity contribution in [3.63, 3.8) is 0 Å². The Morgan fingerprint density at radius 3 is 2.20 bits per heavy atom. The molecule has 1 amide bonds. The number of amides is 1. The molecule has 0 aliphatic heterocycles. The number of aryl methyl sites for hydroxylation is 1. The summed E-state index contributed by atoms with van der Waals surface area (Å²) in [6.45, 7) is 4.26. The second-order valence-corrected chi connectivity index (χ2v) is 5.59. The number of anilines is 1. The standard InChI is InChI=1S/C18H29NO/c1-3-4-5-6-7-8-9-10-15-18(20)19-17-14-12-11-13-16(17)2/h11-14H,3-10,15H2,1-2H3,(H,19,20). The zero-order chi connectivity index (χ0) is 14.6. The van der Waals surface area contributed by atoms with E-state index in [1.54, 1.807) is 0 Å². The quantitative estimate of drug-likeness (QED) is 0.564. The lowest BCUT2D eigenvalue weighted by Crippen LogP contribution is -2.11. The van der Waals surface area contributed by atoms with Crippen molar-refractivity contribution in [1.82, 2.24) is 0 Å². The molecule has 1 aromatic carbocycles. The highest BCUT2D eigenvalue weighted by molar-refractivity contribution is 5.91. The van der Waals surface area contributed by atoms with E-state index in [1.165, 1.54) is 44.9 Å². The largest absolute Gasteiger partial charge is 0.326 e. The first kappa shape index (κ1) is 16.7. The molecule has 1 rings (SSSR count). The maximum absolute atomic E-state index is 11.8. The molecule has 0 atom stereocenters. The molecule has 0 fully saturated rings. The molecule has 1 N–H and O–H groups in total. The topological polar surface area (TPSA) is 29.1 Å². The summed E-state index contributed by atoms with van der Waals surface area (Å²) in [6.07, 6.45) is 10.8. The number of unbranched alkanes of at least 4 members (excludes halogenated alkanes) is 7. The highest BCUT2D eigenvalue weighted by Gasteiger charge is 2.03. The van der Waals surface area contributed by atoms with Crippen molar-refractivity contribution in [2.45, 2.75) is 71.6 Å². The molecule has 2 heteroatoms. The Bertz CT molecular complexity index is 387. The van der Waals surface area contributed by atoms with Crippen LogP contribution in [0.2, 0.25) is 0 Å². The second-order valence-electron chi connectivity index (χ2n) is 5.59. The summed E-state index contributed by atoms with van der Waals surface area (Å²) >= 11 is 0. The zero-order valence-electron chi connectivity index (χ0n) is 13.1. The summed E-state index contributed by atoms with van der Waals surface area (Å²) in [6, 6.07) is 7.93. The molecule has 0 heterocycles. The van der Waals surface area contributed by atoms with Crippen LogP contribution in [-0.2, 0) is 4.79 Å². The molecule has 1 aromatic rings. The maximum atomic E-state index is 11.8. The van der Waals surface area contributed by atoms with E-state index in [9.17, 15) is 4.79 Å². The molecule has 0 bridgehead atoms. The molecule has 2 nitrogen and oxygen atoms in total. The van der Waals surface area contributed by atoms with E-state index in [-0.39, 0.29) is 5.91 Å². The van der Waals surface area contributed by atoms with Crippen molar-refractivity contribution >= 4 is 11.6 Å². The molecule has 0 aliphatic carbocycles. The van der Waals surface area contributed by atoms with Crippen molar-refractivity contribution in [3.8, 4) is 0 Å². The average molecular weight is 275 g/mol. The van der Waals surface area contributed by atoms with Crippen LogP contribution < -0.4 is 5.32 Å².